The Bertz CT molecular complexity index is 906. The number of nitrogens with one attached hydrogen (secondary N) is 2. The predicted molar refractivity (Wildman–Crippen MR) is 112 cm³/mol. The number of benzene rings is 1. The van der Waals surface area contributed by atoms with E-state index in [1.807, 2.05) is 42.7 Å². The predicted octanol–water partition coefficient (Wildman–Crippen LogP) is 4.34. The van der Waals surface area contributed by atoms with Crippen molar-refractivity contribution in [3.63, 3.8) is 0 Å². The van der Waals surface area contributed by atoms with Gasteiger partial charge < -0.3 is 20.3 Å². The summed E-state index contributed by atoms with van der Waals surface area (Å²) in [4.78, 5) is 13.8. The Morgan fingerprint density at radius 2 is 1.81 bits per heavy atom. The highest BCUT2D eigenvalue weighted by Gasteiger charge is 2.18. The maximum Gasteiger partial charge on any atom is 0.227 e. The number of anilines is 3. The van der Waals surface area contributed by atoms with Crippen LogP contribution in [0.15, 0.2) is 35.1 Å². The smallest absolute Gasteiger partial charge is 0.227 e. The van der Waals surface area contributed by atoms with Crippen molar-refractivity contribution >= 4 is 44.5 Å². The number of aromatic nitrogens is 4. The highest BCUT2D eigenvalue weighted by atomic mass is 79.9. The fourth-order valence-electron chi connectivity index (χ4n) is 2.71. The van der Waals surface area contributed by atoms with Gasteiger partial charge in [0, 0.05) is 16.2 Å². The Labute approximate surface area is 167 Å². The summed E-state index contributed by atoms with van der Waals surface area (Å²) >= 11 is 3.45. The van der Waals surface area contributed by atoms with Crippen LogP contribution in [0.1, 0.15) is 33.7 Å². The molecule has 0 aliphatic rings. The monoisotopic (exact) mass is 432 g/mol. The molecule has 0 bridgehead atoms. The van der Waals surface area contributed by atoms with E-state index in [1.54, 1.807) is 6.33 Å². The topological polar surface area (TPSA) is 87.9 Å². The van der Waals surface area contributed by atoms with Crippen LogP contribution >= 0.6 is 15.9 Å². The van der Waals surface area contributed by atoms with E-state index in [-0.39, 0.29) is 24.6 Å². The maximum absolute atomic E-state index is 9.65. The van der Waals surface area contributed by atoms with Crippen LogP contribution in [0, 0.1) is 5.92 Å². The van der Waals surface area contributed by atoms with Crippen LogP contribution in [0.5, 0.6) is 0 Å². The molecule has 2 heterocycles. The quantitative estimate of drug-likeness (QED) is 0.514. The average Bonchev–Trinajstić information content (AvgIpc) is 3.05. The maximum atomic E-state index is 9.65. The highest BCUT2D eigenvalue weighted by Crippen LogP contribution is 2.27. The van der Waals surface area contributed by atoms with Crippen LogP contribution < -0.4 is 10.6 Å². The van der Waals surface area contributed by atoms with E-state index in [2.05, 4.69) is 55.4 Å². The van der Waals surface area contributed by atoms with E-state index in [9.17, 15) is 5.11 Å². The van der Waals surface area contributed by atoms with Gasteiger partial charge in [0.1, 0.15) is 0 Å². The number of aliphatic hydroxyl groups excluding tert-OH is 1. The number of halogens is 1. The Balaban J connectivity index is 2.05. The molecule has 0 saturated heterocycles. The number of imidazole rings is 1. The van der Waals surface area contributed by atoms with Gasteiger partial charge in [-0.25, -0.2) is 4.98 Å². The third kappa shape index (κ3) is 4.39. The molecule has 1 aromatic carbocycles. The zero-order chi connectivity index (χ0) is 19.6. The lowest BCUT2D eigenvalue weighted by atomic mass is 10.1. The highest BCUT2D eigenvalue weighted by molar-refractivity contribution is 9.10. The number of rotatable bonds is 7. The van der Waals surface area contributed by atoms with Crippen LogP contribution in [0.2, 0.25) is 0 Å². The summed E-state index contributed by atoms with van der Waals surface area (Å²) in [7, 11) is 0. The standard InChI is InChI=1S/C19H25BrN6O/c1-11(2)15(9-27)23-19-24-17(22-14-7-5-13(20)6-8-14)16-18(25-19)26(10-21-16)12(3)4/h5-8,10-12,15,27H,9H2,1-4H3,(H2,22,23,24,25)/t15-/m0/s1. The average molecular weight is 433 g/mol. The zero-order valence-electron chi connectivity index (χ0n) is 15.9. The van der Waals surface area contributed by atoms with Crippen LogP contribution in [0.25, 0.3) is 11.2 Å². The molecule has 0 radical (unpaired) electrons. The molecular formula is C19H25BrN6O. The SMILES string of the molecule is CC(C)[C@H](CO)Nc1nc(Nc2ccc(Br)cc2)c2ncn(C(C)C)c2n1. The van der Waals surface area contributed by atoms with Crippen LogP contribution in [-0.2, 0) is 0 Å². The van der Waals surface area contributed by atoms with E-state index in [0.29, 0.717) is 17.3 Å². The van der Waals surface area contributed by atoms with Crippen molar-refractivity contribution in [2.75, 3.05) is 17.2 Å². The van der Waals surface area contributed by atoms with Gasteiger partial charge in [-0.05, 0) is 44.0 Å². The fourth-order valence-corrected chi connectivity index (χ4v) is 2.97. The van der Waals surface area contributed by atoms with Crippen molar-refractivity contribution < 1.29 is 5.11 Å². The Kier molecular flexibility index (Phi) is 5.96. The summed E-state index contributed by atoms with van der Waals surface area (Å²) in [6.07, 6.45) is 1.78. The van der Waals surface area contributed by atoms with Crippen molar-refractivity contribution in [1.82, 2.24) is 19.5 Å². The first-order valence-corrected chi connectivity index (χ1v) is 9.83. The summed E-state index contributed by atoms with van der Waals surface area (Å²) in [5.74, 6) is 1.34. The second-order valence-electron chi connectivity index (χ2n) is 7.12. The summed E-state index contributed by atoms with van der Waals surface area (Å²) in [6.45, 7) is 8.28. The first-order valence-electron chi connectivity index (χ1n) is 9.03. The number of hydrogen-bond acceptors (Lipinski definition) is 6. The second kappa shape index (κ2) is 8.22. The first-order chi connectivity index (χ1) is 12.9. The molecule has 0 aliphatic heterocycles. The molecular weight excluding hydrogens is 408 g/mol. The van der Waals surface area contributed by atoms with Gasteiger partial charge in [0.2, 0.25) is 5.95 Å². The molecule has 27 heavy (non-hydrogen) atoms. The van der Waals surface area contributed by atoms with Crippen molar-refractivity contribution in [1.29, 1.82) is 0 Å². The normalized spacial score (nSPS) is 12.7. The van der Waals surface area contributed by atoms with Crippen LogP contribution in [-0.4, -0.2) is 37.3 Å². The molecule has 1 atom stereocenters. The fraction of sp³-hybridized carbons (Fsp3) is 0.421. The Morgan fingerprint density at radius 1 is 1.11 bits per heavy atom. The molecule has 0 spiro atoms. The van der Waals surface area contributed by atoms with E-state index >= 15 is 0 Å². The van der Waals surface area contributed by atoms with Crippen molar-refractivity contribution in [2.24, 2.45) is 5.92 Å². The number of aliphatic hydroxyl groups is 1. The lowest BCUT2D eigenvalue weighted by molar-refractivity contribution is 0.248. The minimum absolute atomic E-state index is 0.0119. The van der Waals surface area contributed by atoms with Crippen LogP contribution in [0.3, 0.4) is 0 Å². The summed E-state index contributed by atoms with van der Waals surface area (Å²) in [6, 6.07) is 7.96. The van der Waals surface area contributed by atoms with E-state index < -0.39 is 0 Å². The molecule has 0 aliphatic carbocycles. The Hall–Kier alpha value is -2.19. The molecule has 0 unspecified atom stereocenters. The molecule has 7 nitrogen and oxygen atoms in total. The largest absolute Gasteiger partial charge is 0.394 e. The van der Waals surface area contributed by atoms with Gasteiger partial charge in [-0.15, -0.1) is 0 Å². The molecule has 0 amide bonds. The van der Waals surface area contributed by atoms with E-state index in [4.69, 9.17) is 0 Å². The Morgan fingerprint density at radius 3 is 2.41 bits per heavy atom. The first kappa shape index (κ1) is 19.6. The molecule has 3 rings (SSSR count). The minimum Gasteiger partial charge on any atom is -0.394 e. The van der Waals surface area contributed by atoms with Gasteiger partial charge in [-0.3, -0.25) is 0 Å². The van der Waals surface area contributed by atoms with Gasteiger partial charge in [0.05, 0.1) is 19.0 Å². The summed E-state index contributed by atoms with van der Waals surface area (Å²) in [5.41, 5.74) is 2.37. The van der Waals surface area contributed by atoms with Crippen molar-refractivity contribution in [2.45, 2.75) is 39.8 Å². The van der Waals surface area contributed by atoms with Crippen LogP contribution in [0.4, 0.5) is 17.5 Å². The van der Waals surface area contributed by atoms with Gasteiger partial charge in [0.25, 0.3) is 0 Å². The van der Waals surface area contributed by atoms with Gasteiger partial charge in [-0.1, -0.05) is 29.8 Å². The van der Waals surface area contributed by atoms with Gasteiger partial charge >= 0.3 is 0 Å². The lowest BCUT2D eigenvalue weighted by Gasteiger charge is -2.20. The summed E-state index contributed by atoms with van der Waals surface area (Å²) < 4.78 is 3.02. The molecule has 3 aromatic rings. The number of hydrogen-bond donors (Lipinski definition) is 3. The third-order valence-electron chi connectivity index (χ3n) is 4.40. The number of fused-ring (bicyclic) bond motifs is 1. The van der Waals surface area contributed by atoms with Crippen molar-refractivity contribution in [3.05, 3.63) is 35.1 Å². The molecule has 3 N–H and O–H groups in total. The molecule has 2 aromatic heterocycles. The third-order valence-corrected chi connectivity index (χ3v) is 4.93. The van der Waals surface area contributed by atoms with E-state index in [0.717, 1.165) is 15.8 Å². The lowest BCUT2D eigenvalue weighted by Crippen LogP contribution is -2.30. The molecule has 0 saturated carbocycles. The number of nitrogens with zero attached hydrogens (tertiary/aromatic N) is 4. The van der Waals surface area contributed by atoms with E-state index in [1.165, 1.54) is 0 Å². The zero-order valence-corrected chi connectivity index (χ0v) is 17.5. The van der Waals surface area contributed by atoms with Gasteiger partial charge in [0.15, 0.2) is 17.0 Å². The molecule has 0 fully saturated rings. The van der Waals surface area contributed by atoms with Gasteiger partial charge in [-0.2, -0.15) is 9.97 Å². The second-order valence-corrected chi connectivity index (χ2v) is 8.04. The molecule has 8 heteroatoms. The van der Waals surface area contributed by atoms with Crippen molar-refractivity contribution in [3.8, 4) is 0 Å². The molecule has 144 valence electrons. The summed E-state index contributed by atoms with van der Waals surface area (Å²) in [5, 5.41) is 16.2. The minimum atomic E-state index is -0.126.